The molecule has 1 nitrogen and oxygen atoms in total. The minimum Gasteiger partial charge on any atom is -0.299 e. The summed E-state index contributed by atoms with van der Waals surface area (Å²) < 4.78 is 38.5. The van der Waals surface area contributed by atoms with Crippen LogP contribution in [0.2, 0.25) is 0 Å². The summed E-state index contributed by atoms with van der Waals surface area (Å²) in [5.41, 5.74) is 1.54. The second kappa shape index (κ2) is 6.65. The maximum absolute atomic E-state index is 12.8. The molecule has 0 radical (unpaired) electrons. The van der Waals surface area contributed by atoms with Gasteiger partial charge in [0.15, 0.2) is 0 Å². The molecule has 0 saturated carbocycles. The number of carbonyl (C=O) groups excluding carboxylic acids is 1. The quantitative estimate of drug-likeness (QED) is 0.728. The van der Waals surface area contributed by atoms with Gasteiger partial charge in [-0.15, -0.1) is 0 Å². The van der Waals surface area contributed by atoms with Crippen LogP contribution in [-0.2, 0) is 23.8 Å². The van der Waals surface area contributed by atoms with Crippen LogP contribution < -0.4 is 0 Å². The zero-order valence-electron chi connectivity index (χ0n) is 11.9. The minimum atomic E-state index is -4.44. The van der Waals surface area contributed by atoms with Crippen molar-refractivity contribution in [2.75, 3.05) is 0 Å². The summed E-state index contributed by atoms with van der Waals surface area (Å²) in [6.45, 7) is 1.93. The van der Waals surface area contributed by atoms with Crippen LogP contribution in [0.4, 0.5) is 13.2 Å². The largest absolute Gasteiger partial charge is 0.417 e. The number of ketones is 1. The molecule has 22 heavy (non-hydrogen) atoms. The van der Waals surface area contributed by atoms with Crippen molar-refractivity contribution in [3.05, 3.63) is 69.2 Å². The minimum absolute atomic E-state index is 0.00962. The van der Waals surface area contributed by atoms with Gasteiger partial charge in [-0.1, -0.05) is 51.8 Å². The summed E-state index contributed by atoms with van der Waals surface area (Å²) in [6, 6.07) is 11.4. The van der Waals surface area contributed by atoms with Crippen molar-refractivity contribution in [1.29, 1.82) is 0 Å². The SMILES string of the molecule is Cc1cccc(CC(=O)Cc2ccc(Br)c(C(F)(F)F)c2)c1. The summed E-state index contributed by atoms with van der Waals surface area (Å²) in [4.78, 5) is 12.0. The van der Waals surface area contributed by atoms with Crippen LogP contribution in [0.5, 0.6) is 0 Å². The number of alkyl halides is 3. The van der Waals surface area contributed by atoms with E-state index in [4.69, 9.17) is 0 Å². The molecule has 0 aliphatic heterocycles. The second-order valence-electron chi connectivity index (χ2n) is 5.19. The van der Waals surface area contributed by atoms with Gasteiger partial charge in [-0.25, -0.2) is 0 Å². The molecule has 0 atom stereocenters. The zero-order chi connectivity index (χ0) is 16.3. The maximum Gasteiger partial charge on any atom is 0.417 e. The summed E-state index contributed by atoms with van der Waals surface area (Å²) >= 11 is 2.89. The van der Waals surface area contributed by atoms with Gasteiger partial charge in [0.05, 0.1) is 5.56 Å². The normalized spacial score (nSPS) is 11.5. The Balaban J connectivity index is 2.12. The number of aryl methyl sites for hydroxylation is 1. The van der Waals surface area contributed by atoms with Gasteiger partial charge in [-0.3, -0.25) is 4.79 Å². The van der Waals surface area contributed by atoms with Crippen molar-refractivity contribution in [2.45, 2.75) is 25.9 Å². The Hall–Kier alpha value is -1.62. The van der Waals surface area contributed by atoms with Crippen LogP contribution in [0.25, 0.3) is 0 Å². The highest BCUT2D eigenvalue weighted by Crippen LogP contribution is 2.35. The molecule has 0 aliphatic carbocycles. The number of rotatable bonds is 4. The van der Waals surface area contributed by atoms with Gasteiger partial charge >= 0.3 is 6.18 Å². The molecule has 0 aliphatic rings. The van der Waals surface area contributed by atoms with E-state index in [2.05, 4.69) is 15.9 Å². The van der Waals surface area contributed by atoms with E-state index in [1.54, 1.807) is 0 Å². The highest BCUT2D eigenvalue weighted by molar-refractivity contribution is 9.10. The van der Waals surface area contributed by atoms with Crippen molar-refractivity contribution < 1.29 is 18.0 Å². The number of hydrogen-bond acceptors (Lipinski definition) is 1. The predicted molar refractivity (Wildman–Crippen MR) is 82.7 cm³/mol. The third-order valence-corrected chi connectivity index (χ3v) is 3.91. The van der Waals surface area contributed by atoms with Crippen molar-refractivity contribution >= 4 is 21.7 Å². The van der Waals surface area contributed by atoms with Crippen LogP contribution in [0.3, 0.4) is 0 Å². The first-order valence-electron chi connectivity index (χ1n) is 6.68. The number of carbonyl (C=O) groups is 1. The van der Waals surface area contributed by atoms with Crippen LogP contribution in [0.15, 0.2) is 46.9 Å². The molecule has 5 heteroatoms. The summed E-state index contributed by atoms with van der Waals surface area (Å²) in [6.07, 6.45) is -4.22. The van der Waals surface area contributed by atoms with Crippen LogP contribution >= 0.6 is 15.9 Å². The fourth-order valence-corrected chi connectivity index (χ4v) is 2.71. The van der Waals surface area contributed by atoms with Crippen molar-refractivity contribution in [3.63, 3.8) is 0 Å². The number of hydrogen-bond donors (Lipinski definition) is 0. The first kappa shape index (κ1) is 16.7. The molecule has 0 saturated heterocycles. The first-order chi connectivity index (χ1) is 10.3. The Bertz CT molecular complexity index is 693. The highest BCUT2D eigenvalue weighted by atomic mass is 79.9. The van der Waals surface area contributed by atoms with E-state index in [1.165, 1.54) is 12.1 Å². The highest BCUT2D eigenvalue weighted by Gasteiger charge is 2.33. The molecule has 0 amide bonds. The molecular formula is C17H14BrF3O. The second-order valence-corrected chi connectivity index (χ2v) is 6.05. The third kappa shape index (κ3) is 4.44. The summed E-state index contributed by atoms with van der Waals surface area (Å²) in [5, 5.41) is 0. The Morgan fingerprint density at radius 2 is 1.68 bits per heavy atom. The number of Topliss-reactive ketones (excluding diaryl/α,β-unsaturated/α-hetero) is 1. The molecule has 0 fully saturated rings. The van der Waals surface area contributed by atoms with Crippen molar-refractivity contribution in [2.24, 2.45) is 0 Å². The van der Waals surface area contributed by atoms with Gasteiger partial charge in [0, 0.05) is 17.3 Å². The van der Waals surface area contributed by atoms with Crippen molar-refractivity contribution in [3.8, 4) is 0 Å². The molecule has 0 heterocycles. The lowest BCUT2D eigenvalue weighted by Crippen LogP contribution is -2.10. The Morgan fingerprint density at radius 1 is 1.05 bits per heavy atom. The smallest absolute Gasteiger partial charge is 0.299 e. The van der Waals surface area contributed by atoms with Gasteiger partial charge in [-0.05, 0) is 30.2 Å². The molecule has 0 bridgehead atoms. The molecule has 2 aromatic rings. The average Bonchev–Trinajstić information content (AvgIpc) is 2.39. The van der Waals surface area contributed by atoms with E-state index >= 15 is 0 Å². The number of halogens is 4. The van der Waals surface area contributed by atoms with Crippen LogP contribution in [0.1, 0.15) is 22.3 Å². The number of benzene rings is 2. The Labute approximate surface area is 135 Å². The van der Waals surface area contributed by atoms with E-state index in [1.807, 2.05) is 31.2 Å². The molecule has 2 aromatic carbocycles. The molecule has 0 N–H and O–H groups in total. The lowest BCUT2D eigenvalue weighted by atomic mass is 10.0. The molecule has 0 spiro atoms. The van der Waals surface area contributed by atoms with E-state index in [0.29, 0.717) is 5.56 Å². The van der Waals surface area contributed by atoms with E-state index in [0.717, 1.165) is 17.2 Å². The zero-order valence-corrected chi connectivity index (χ0v) is 13.5. The van der Waals surface area contributed by atoms with E-state index in [-0.39, 0.29) is 23.1 Å². The van der Waals surface area contributed by atoms with Crippen LogP contribution in [0, 0.1) is 6.92 Å². The fourth-order valence-electron chi connectivity index (χ4n) is 2.24. The lowest BCUT2D eigenvalue weighted by molar-refractivity contribution is -0.138. The standard InChI is InChI=1S/C17H14BrF3O/c1-11-3-2-4-12(7-11)8-14(22)9-13-5-6-16(18)15(10-13)17(19,20)21/h2-7,10H,8-9H2,1H3. The maximum atomic E-state index is 12.8. The van der Waals surface area contributed by atoms with Gasteiger partial charge in [-0.2, -0.15) is 13.2 Å². The van der Waals surface area contributed by atoms with Gasteiger partial charge in [0.25, 0.3) is 0 Å². The molecule has 2 rings (SSSR count). The van der Waals surface area contributed by atoms with Gasteiger partial charge < -0.3 is 0 Å². The van der Waals surface area contributed by atoms with E-state index in [9.17, 15) is 18.0 Å². The molecular weight excluding hydrogens is 357 g/mol. The Morgan fingerprint density at radius 3 is 2.27 bits per heavy atom. The molecule has 116 valence electrons. The Kier molecular flexibility index (Phi) is 5.06. The summed E-state index contributed by atoms with van der Waals surface area (Å²) in [7, 11) is 0. The lowest BCUT2D eigenvalue weighted by Gasteiger charge is -2.11. The third-order valence-electron chi connectivity index (χ3n) is 3.22. The van der Waals surface area contributed by atoms with E-state index < -0.39 is 11.7 Å². The predicted octanol–water partition coefficient (Wildman–Crippen LogP) is 5.13. The van der Waals surface area contributed by atoms with Crippen molar-refractivity contribution in [1.82, 2.24) is 0 Å². The average molecular weight is 371 g/mol. The molecule has 0 unspecified atom stereocenters. The topological polar surface area (TPSA) is 17.1 Å². The monoisotopic (exact) mass is 370 g/mol. The summed E-state index contributed by atoms with van der Waals surface area (Å²) in [5.74, 6) is -0.110. The van der Waals surface area contributed by atoms with Crippen LogP contribution in [-0.4, -0.2) is 5.78 Å². The van der Waals surface area contributed by atoms with Gasteiger partial charge in [0.2, 0.25) is 0 Å². The van der Waals surface area contributed by atoms with Gasteiger partial charge in [0.1, 0.15) is 5.78 Å². The fraction of sp³-hybridized carbons (Fsp3) is 0.235. The first-order valence-corrected chi connectivity index (χ1v) is 7.48. The molecule has 0 aromatic heterocycles.